The van der Waals surface area contributed by atoms with Crippen molar-refractivity contribution < 1.29 is 4.79 Å². The van der Waals surface area contributed by atoms with E-state index in [0.29, 0.717) is 29.0 Å². The molecule has 0 bridgehead atoms. The Balaban J connectivity index is 1.83. The summed E-state index contributed by atoms with van der Waals surface area (Å²) in [5, 5.41) is 0. The molecular weight excluding hydrogens is 208 g/mol. The van der Waals surface area contributed by atoms with Gasteiger partial charge in [0.05, 0.1) is 0 Å². The molecule has 1 spiro atoms. The molecule has 0 aliphatic heterocycles. The highest BCUT2D eigenvalue weighted by Crippen LogP contribution is 2.73. The fourth-order valence-electron chi connectivity index (χ4n) is 6.16. The zero-order chi connectivity index (χ0) is 11.8. The van der Waals surface area contributed by atoms with Crippen LogP contribution in [0.3, 0.4) is 0 Å². The van der Waals surface area contributed by atoms with Crippen LogP contribution in [-0.4, -0.2) is 5.78 Å². The molecule has 1 heteroatoms. The number of hydrogen-bond acceptors (Lipinski definition) is 1. The Labute approximate surface area is 104 Å². The Morgan fingerprint density at radius 2 is 2.12 bits per heavy atom. The van der Waals surface area contributed by atoms with Gasteiger partial charge in [-0.1, -0.05) is 26.0 Å². The minimum atomic E-state index is 0.0306. The first kappa shape index (κ1) is 10.3. The van der Waals surface area contributed by atoms with E-state index in [-0.39, 0.29) is 5.41 Å². The molecule has 92 valence electrons. The molecule has 0 saturated heterocycles. The number of rotatable bonds is 0. The number of carbonyl (C=O) groups excluding carboxylic acids is 1. The average molecular weight is 230 g/mol. The Morgan fingerprint density at radius 3 is 2.94 bits per heavy atom. The van der Waals surface area contributed by atoms with Crippen LogP contribution >= 0.6 is 0 Å². The lowest BCUT2D eigenvalue weighted by atomic mass is 9.68. The fraction of sp³-hybridized carbons (Fsp3) is 0.812. The second-order valence-corrected chi connectivity index (χ2v) is 7.26. The van der Waals surface area contributed by atoms with Crippen molar-refractivity contribution in [2.75, 3.05) is 0 Å². The second-order valence-electron chi connectivity index (χ2n) is 7.26. The molecule has 1 nitrogen and oxygen atoms in total. The molecule has 0 heterocycles. The standard InChI is InChI=1S/C16H22O/c1-10-8-12-9-16-7-3-4-11(16)5-6-13(16)15(12,2)14(10)17/h3,7,10-13H,4-6,8-9H2,1-2H3/t10-,11-,12+,13+,15+,16+/m1/s1. The lowest BCUT2D eigenvalue weighted by Crippen LogP contribution is -2.36. The highest BCUT2D eigenvalue weighted by atomic mass is 16.1. The molecule has 0 unspecified atom stereocenters. The molecule has 4 rings (SSSR count). The third kappa shape index (κ3) is 0.936. The second kappa shape index (κ2) is 2.87. The van der Waals surface area contributed by atoms with Crippen LogP contribution in [0.1, 0.15) is 46.0 Å². The normalized spacial score (nSPS) is 59.5. The Morgan fingerprint density at radius 1 is 1.29 bits per heavy atom. The first-order chi connectivity index (χ1) is 8.09. The molecule has 3 saturated carbocycles. The molecule has 0 radical (unpaired) electrons. The van der Waals surface area contributed by atoms with Crippen molar-refractivity contribution >= 4 is 5.78 Å². The molecule has 3 fully saturated rings. The summed E-state index contributed by atoms with van der Waals surface area (Å²) in [6.45, 7) is 4.45. The highest BCUT2D eigenvalue weighted by Gasteiger charge is 2.69. The zero-order valence-corrected chi connectivity index (χ0v) is 10.9. The van der Waals surface area contributed by atoms with Crippen LogP contribution in [0, 0.1) is 34.5 Å². The summed E-state index contributed by atoms with van der Waals surface area (Å²) in [5.74, 6) is 3.14. The van der Waals surface area contributed by atoms with Crippen LogP contribution in [0.15, 0.2) is 12.2 Å². The lowest BCUT2D eigenvalue weighted by Gasteiger charge is -2.34. The van der Waals surface area contributed by atoms with Gasteiger partial charge in [-0.15, -0.1) is 0 Å². The number of Topliss-reactive ketones (excluding diaryl/α,β-unsaturated/α-hetero) is 1. The van der Waals surface area contributed by atoms with Gasteiger partial charge in [0.2, 0.25) is 0 Å². The van der Waals surface area contributed by atoms with E-state index in [4.69, 9.17) is 0 Å². The number of fused-ring (bicyclic) bond motifs is 2. The Bertz CT molecular complexity index is 423. The van der Waals surface area contributed by atoms with Gasteiger partial charge in [-0.25, -0.2) is 0 Å². The minimum absolute atomic E-state index is 0.0306. The van der Waals surface area contributed by atoms with Gasteiger partial charge in [-0.2, -0.15) is 0 Å². The topological polar surface area (TPSA) is 17.1 Å². The van der Waals surface area contributed by atoms with Crippen molar-refractivity contribution in [3.63, 3.8) is 0 Å². The van der Waals surface area contributed by atoms with E-state index >= 15 is 0 Å². The molecule has 4 aliphatic rings. The quantitative estimate of drug-likeness (QED) is 0.581. The molecule has 0 aromatic heterocycles. The predicted molar refractivity (Wildman–Crippen MR) is 67.4 cm³/mol. The van der Waals surface area contributed by atoms with E-state index < -0.39 is 0 Å². The molecular formula is C16H22O. The number of ketones is 1. The van der Waals surface area contributed by atoms with Crippen LogP contribution in [0.4, 0.5) is 0 Å². The third-order valence-corrected chi connectivity index (χ3v) is 6.85. The van der Waals surface area contributed by atoms with E-state index in [1.807, 2.05) is 0 Å². The largest absolute Gasteiger partial charge is 0.299 e. The SMILES string of the molecule is C[C@@H]1C[C@H]2C[C@@]34C=CC[C@@H]3CC[C@H]4[C@@]2(C)C1=O. The van der Waals surface area contributed by atoms with Gasteiger partial charge in [-0.05, 0) is 55.3 Å². The van der Waals surface area contributed by atoms with Crippen molar-refractivity contribution in [2.45, 2.75) is 46.0 Å². The number of hydrogen-bond donors (Lipinski definition) is 0. The van der Waals surface area contributed by atoms with Gasteiger partial charge < -0.3 is 0 Å². The predicted octanol–water partition coefficient (Wildman–Crippen LogP) is 3.59. The monoisotopic (exact) mass is 230 g/mol. The molecule has 0 aromatic carbocycles. The third-order valence-electron chi connectivity index (χ3n) is 6.85. The maximum absolute atomic E-state index is 12.6. The molecule has 0 amide bonds. The van der Waals surface area contributed by atoms with Gasteiger partial charge in [0.15, 0.2) is 0 Å². The van der Waals surface area contributed by atoms with E-state index in [9.17, 15) is 4.79 Å². The summed E-state index contributed by atoms with van der Waals surface area (Å²) in [7, 11) is 0. The van der Waals surface area contributed by atoms with Gasteiger partial charge in [0.25, 0.3) is 0 Å². The highest BCUT2D eigenvalue weighted by molar-refractivity contribution is 5.90. The maximum Gasteiger partial charge on any atom is 0.142 e. The molecule has 4 aliphatic carbocycles. The van der Waals surface area contributed by atoms with E-state index in [1.54, 1.807) is 0 Å². The van der Waals surface area contributed by atoms with E-state index in [1.165, 1.54) is 25.7 Å². The van der Waals surface area contributed by atoms with Gasteiger partial charge in [0.1, 0.15) is 5.78 Å². The summed E-state index contributed by atoms with van der Waals surface area (Å²) in [4.78, 5) is 12.6. The van der Waals surface area contributed by atoms with Crippen molar-refractivity contribution in [1.82, 2.24) is 0 Å². The van der Waals surface area contributed by atoms with Gasteiger partial charge in [-0.3, -0.25) is 4.79 Å². The number of allylic oxidation sites excluding steroid dienone is 2. The zero-order valence-electron chi connectivity index (χ0n) is 10.9. The summed E-state index contributed by atoms with van der Waals surface area (Å²) in [5.41, 5.74) is 0.470. The first-order valence-electron chi connectivity index (χ1n) is 7.31. The van der Waals surface area contributed by atoms with Crippen LogP contribution in [0.5, 0.6) is 0 Å². The Hall–Kier alpha value is -0.590. The summed E-state index contributed by atoms with van der Waals surface area (Å²) < 4.78 is 0. The smallest absolute Gasteiger partial charge is 0.142 e. The van der Waals surface area contributed by atoms with E-state index in [0.717, 1.165) is 12.3 Å². The maximum atomic E-state index is 12.6. The van der Waals surface area contributed by atoms with Crippen molar-refractivity contribution in [2.24, 2.45) is 34.5 Å². The van der Waals surface area contributed by atoms with Crippen molar-refractivity contribution in [3.05, 3.63) is 12.2 Å². The van der Waals surface area contributed by atoms with Crippen LogP contribution in [-0.2, 0) is 4.79 Å². The lowest BCUT2D eigenvalue weighted by molar-refractivity contribution is -0.131. The summed E-state index contributed by atoms with van der Waals surface area (Å²) in [6, 6.07) is 0. The molecule has 6 atom stereocenters. The van der Waals surface area contributed by atoms with Crippen LogP contribution in [0.25, 0.3) is 0 Å². The summed E-state index contributed by atoms with van der Waals surface area (Å²) >= 11 is 0. The van der Waals surface area contributed by atoms with Crippen molar-refractivity contribution in [1.29, 1.82) is 0 Å². The first-order valence-corrected chi connectivity index (χ1v) is 7.31. The van der Waals surface area contributed by atoms with Crippen LogP contribution in [0.2, 0.25) is 0 Å². The molecule has 0 N–H and O–H groups in total. The van der Waals surface area contributed by atoms with Crippen LogP contribution < -0.4 is 0 Å². The minimum Gasteiger partial charge on any atom is -0.299 e. The average Bonchev–Trinajstić information content (AvgIpc) is 2.92. The van der Waals surface area contributed by atoms with Crippen molar-refractivity contribution in [3.8, 4) is 0 Å². The number of carbonyl (C=O) groups is 1. The molecule has 17 heavy (non-hydrogen) atoms. The molecule has 0 aromatic rings. The Kier molecular flexibility index (Phi) is 1.74. The van der Waals surface area contributed by atoms with Gasteiger partial charge >= 0.3 is 0 Å². The van der Waals surface area contributed by atoms with Gasteiger partial charge in [0, 0.05) is 11.3 Å². The fourth-order valence-corrected chi connectivity index (χ4v) is 6.16. The summed E-state index contributed by atoms with van der Waals surface area (Å²) in [6.07, 6.45) is 11.3. The van der Waals surface area contributed by atoms with E-state index in [2.05, 4.69) is 26.0 Å².